The Morgan fingerprint density at radius 3 is 2.07 bits per heavy atom. The van der Waals surface area contributed by atoms with Gasteiger partial charge >= 0.3 is 6.09 Å². The highest BCUT2D eigenvalue weighted by atomic mass is 35.5. The Morgan fingerprint density at radius 2 is 1.74 bits per heavy atom. The van der Waals surface area contributed by atoms with Gasteiger partial charge in [-0.1, -0.05) is 39.3 Å². The Balaban J connectivity index is 0. The summed E-state index contributed by atoms with van der Waals surface area (Å²) in [6.45, 7) is 15.3. The van der Waals surface area contributed by atoms with E-state index in [1.54, 1.807) is 27.0 Å². The summed E-state index contributed by atoms with van der Waals surface area (Å²) in [5.74, 6) is 0.777. The van der Waals surface area contributed by atoms with Crippen molar-refractivity contribution in [3.63, 3.8) is 0 Å². The topological polar surface area (TPSA) is 105 Å². The van der Waals surface area contributed by atoms with E-state index in [-0.39, 0.29) is 10.8 Å². The van der Waals surface area contributed by atoms with Crippen LogP contribution in [-0.2, 0) is 4.74 Å². The van der Waals surface area contributed by atoms with E-state index in [0.717, 1.165) is 18.9 Å². The lowest BCUT2D eigenvalue weighted by Crippen LogP contribution is -2.30. The first-order chi connectivity index (χ1) is 12.7. The van der Waals surface area contributed by atoms with E-state index in [1.165, 1.54) is 19.3 Å². The summed E-state index contributed by atoms with van der Waals surface area (Å²) in [6, 6.07) is 1.90. The Bertz CT molecular complexity index is 576. The fourth-order valence-corrected chi connectivity index (χ4v) is 2.19. The number of carbonyl (C=O) groups excluding carboxylic acids is 1. The molecule has 1 saturated heterocycles. The summed E-state index contributed by atoms with van der Waals surface area (Å²) in [5, 5.41) is 8.86. The van der Waals surface area contributed by atoms with Crippen LogP contribution >= 0.6 is 11.6 Å². The van der Waals surface area contributed by atoms with Crippen LogP contribution in [0.3, 0.4) is 0 Å². The Kier molecular flexibility index (Phi) is 15.1. The summed E-state index contributed by atoms with van der Waals surface area (Å²) in [4.78, 5) is 20.3. The molecule has 1 aromatic rings. The number of piperidine rings is 1. The Morgan fingerprint density at radius 1 is 1.22 bits per heavy atom. The minimum absolute atomic E-state index is 0.192. The number of hydrogen-bond donors (Lipinski definition) is 1. The largest absolute Gasteiger partial charge is 0.444 e. The second-order valence-electron chi connectivity index (χ2n) is 6.06. The molecular weight excluding hydrogens is 366 g/mol. The number of nitrogens with two attached hydrogens (primary N) is 1. The highest BCUT2D eigenvalue weighted by Gasteiger charge is 2.14. The van der Waals surface area contributed by atoms with Crippen molar-refractivity contribution in [2.75, 3.05) is 18.0 Å². The Labute approximate surface area is 168 Å². The van der Waals surface area contributed by atoms with E-state index >= 15 is 0 Å². The molecule has 2 heterocycles. The fraction of sp³-hybridized carbons (Fsp3) is 0.684. The normalized spacial score (nSPS) is 12.6. The molecule has 0 saturated carbocycles. The number of anilines is 1. The number of aromatic nitrogens is 2. The van der Waals surface area contributed by atoms with E-state index in [0.29, 0.717) is 0 Å². The molecule has 1 fully saturated rings. The second kappa shape index (κ2) is 15.0. The first kappa shape index (κ1) is 27.2. The van der Waals surface area contributed by atoms with Gasteiger partial charge in [0.1, 0.15) is 17.5 Å². The molecule has 0 atom stereocenters. The first-order valence-corrected chi connectivity index (χ1v) is 9.77. The van der Waals surface area contributed by atoms with Gasteiger partial charge in [-0.25, -0.2) is 14.8 Å². The van der Waals surface area contributed by atoms with Crippen LogP contribution in [0.1, 0.15) is 73.4 Å². The standard InChI is InChI=1S/C10H11ClN4.C5H11NO2.2C2H6/c11-10-8(6-12)13-7-9(14-10)15-4-2-1-3-5-15;1-5(2,3)8-4(6)7;2*1-2/h7H,1-5H2;1-3H3,(H2,6,7);2*1-2H3. The van der Waals surface area contributed by atoms with Crippen molar-refractivity contribution in [3.05, 3.63) is 17.0 Å². The zero-order valence-corrected chi connectivity index (χ0v) is 18.4. The van der Waals surface area contributed by atoms with Crippen LogP contribution in [0, 0.1) is 11.3 Å². The zero-order chi connectivity index (χ0) is 21.5. The van der Waals surface area contributed by atoms with Gasteiger partial charge in [0.2, 0.25) is 0 Å². The lowest BCUT2D eigenvalue weighted by Gasteiger charge is -2.27. The molecule has 1 aromatic heterocycles. The highest BCUT2D eigenvalue weighted by molar-refractivity contribution is 6.30. The van der Waals surface area contributed by atoms with Crippen LogP contribution < -0.4 is 10.6 Å². The maximum absolute atomic E-state index is 10.0. The molecule has 27 heavy (non-hydrogen) atoms. The molecule has 1 amide bonds. The number of hydrogen-bond acceptors (Lipinski definition) is 6. The van der Waals surface area contributed by atoms with Crippen molar-refractivity contribution in [2.45, 2.75) is 73.3 Å². The van der Waals surface area contributed by atoms with Crippen LogP contribution in [0.5, 0.6) is 0 Å². The lowest BCUT2D eigenvalue weighted by molar-refractivity contribution is 0.0600. The average molecular weight is 400 g/mol. The quantitative estimate of drug-likeness (QED) is 0.717. The monoisotopic (exact) mass is 399 g/mol. The third-order valence-electron chi connectivity index (χ3n) is 2.91. The van der Waals surface area contributed by atoms with Crippen molar-refractivity contribution in [1.82, 2.24) is 9.97 Å². The summed E-state index contributed by atoms with van der Waals surface area (Å²) in [7, 11) is 0. The number of primary amides is 1. The van der Waals surface area contributed by atoms with Crippen molar-refractivity contribution in [2.24, 2.45) is 5.73 Å². The maximum Gasteiger partial charge on any atom is 0.405 e. The van der Waals surface area contributed by atoms with Crippen LogP contribution in [0.25, 0.3) is 0 Å². The average Bonchev–Trinajstić information content (AvgIpc) is 2.64. The van der Waals surface area contributed by atoms with Crippen LogP contribution in [-0.4, -0.2) is 34.8 Å². The minimum atomic E-state index is -0.725. The van der Waals surface area contributed by atoms with Gasteiger partial charge in [-0.15, -0.1) is 0 Å². The SMILES string of the molecule is CC.CC.CC(C)(C)OC(N)=O.N#Cc1ncc(N2CCCCC2)nc1Cl. The predicted octanol–water partition coefficient (Wildman–Crippen LogP) is 4.92. The molecule has 154 valence electrons. The smallest absolute Gasteiger partial charge is 0.405 e. The summed E-state index contributed by atoms with van der Waals surface area (Å²) < 4.78 is 4.58. The molecule has 2 N–H and O–H groups in total. The molecule has 0 aliphatic carbocycles. The van der Waals surface area contributed by atoms with E-state index in [4.69, 9.17) is 22.6 Å². The molecule has 0 radical (unpaired) electrons. The molecule has 0 unspecified atom stereocenters. The van der Waals surface area contributed by atoms with Gasteiger partial charge in [-0.2, -0.15) is 5.26 Å². The number of nitriles is 1. The van der Waals surface area contributed by atoms with Crippen LogP contribution in [0.4, 0.5) is 10.6 Å². The van der Waals surface area contributed by atoms with Gasteiger partial charge < -0.3 is 15.4 Å². The van der Waals surface area contributed by atoms with Crippen LogP contribution in [0.15, 0.2) is 6.20 Å². The van der Waals surface area contributed by atoms with Crippen molar-refractivity contribution >= 4 is 23.5 Å². The summed E-state index contributed by atoms with van der Waals surface area (Å²) in [6.07, 6.45) is 4.53. The fourth-order valence-electron chi connectivity index (χ4n) is 2.01. The Hall–Kier alpha value is -2.07. The van der Waals surface area contributed by atoms with E-state index < -0.39 is 11.7 Å². The number of nitrogens with zero attached hydrogens (tertiary/aromatic N) is 4. The maximum atomic E-state index is 10.0. The summed E-state index contributed by atoms with van der Waals surface area (Å²) in [5.41, 5.74) is 4.46. The van der Waals surface area contributed by atoms with Gasteiger partial charge in [0, 0.05) is 13.1 Å². The van der Waals surface area contributed by atoms with E-state index in [2.05, 4.69) is 19.6 Å². The highest BCUT2D eigenvalue weighted by Crippen LogP contribution is 2.19. The predicted molar refractivity (Wildman–Crippen MR) is 111 cm³/mol. The van der Waals surface area contributed by atoms with Gasteiger partial charge in [0.15, 0.2) is 10.8 Å². The number of carbonyl (C=O) groups is 1. The van der Waals surface area contributed by atoms with E-state index in [1.807, 2.05) is 33.8 Å². The summed E-state index contributed by atoms with van der Waals surface area (Å²) >= 11 is 5.83. The second-order valence-corrected chi connectivity index (χ2v) is 6.42. The van der Waals surface area contributed by atoms with Gasteiger partial charge in [-0.05, 0) is 40.0 Å². The molecule has 7 nitrogen and oxygen atoms in total. The first-order valence-electron chi connectivity index (χ1n) is 9.39. The molecule has 0 spiro atoms. The van der Waals surface area contributed by atoms with E-state index in [9.17, 15) is 4.79 Å². The van der Waals surface area contributed by atoms with Gasteiger partial charge in [0.05, 0.1) is 6.20 Å². The van der Waals surface area contributed by atoms with Crippen molar-refractivity contribution < 1.29 is 9.53 Å². The van der Waals surface area contributed by atoms with Gasteiger partial charge in [0.25, 0.3) is 0 Å². The van der Waals surface area contributed by atoms with Crippen molar-refractivity contribution in [3.8, 4) is 6.07 Å². The van der Waals surface area contributed by atoms with Gasteiger partial charge in [-0.3, -0.25) is 0 Å². The third-order valence-corrected chi connectivity index (χ3v) is 3.17. The number of amides is 1. The molecule has 0 aromatic carbocycles. The third kappa shape index (κ3) is 12.8. The zero-order valence-electron chi connectivity index (χ0n) is 17.7. The lowest BCUT2D eigenvalue weighted by atomic mass is 10.1. The minimum Gasteiger partial charge on any atom is -0.444 e. The molecule has 8 heteroatoms. The molecule has 2 rings (SSSR count). The van der Waals surface area contributed by atoms with Crippen molar-refractivity contribution in [1.29, 1.82) is 5.26 Å². The number of ether oxygens (including phenoxy) is 1. The molecule has 0 bridgehead atoms. The number of halogens is 1. The molecule has 1 aliphatic heterocycles. The van der Waals surface area contributed by atoms with Crippen LogP contribution in [0.2, 0.25) is 5.15 Å². The molecular formula is C19H34ClN5O2. The molecule has 1 aliphatic rings. The number of rotatable bonds is 1.